The summed E-state index contributed by atoms with van der Waals surface area (Å²) in [6, 6.07) is 8.57. The zero-order valence-corrected chi connectivity index (χ0v) is 22.0. The van der Waals surface area contributed by atoms with Gasteiger partial charge in [0.2, 0.25) is 11.6 Å². The maximum atomic E-state index is 13.3. The lowest BCUT2D eigenvalue weighted by Crippen LogP contribution is -2.64. The van der Waals surface area contributed by atoms with Gasteiger partial charge in [0.15, 0.2) is 0 Å². The third-order valence-corrected chi connectivity index (χ3v) is 10.4. The van der Waals surface area contributed by atoms with Gasteiger partial charge in [-0.1, -0.05) is 12.1 Å². The summed E-state index contributed by atoms with van der Waals surface area (Å²) in [6.07, 6.45) is 11.4. The van der Waals surface area contributed by atoms with E-state index < -0.39 is 17.7 Å². The monoisotopic (exact) mass is 515 g/mol. The number of ether oxygens (including phenoxy) is 1. The van der Waals surface area contributed by atoms with Crippen LogP contribution in [0.25, 0.3) is 0 Å². The van der Waals surface area contributed by atoms with Crippen molar-refractivity contribution in [1.29, 1.82) is 0 Å². The van der Waals surface area contributed by atoms with E-state index in [1.807, 2.05) is 0 Å². The van der Waals surface area contributed by atoms with E-state index >= 15 is 0 Å². The zero-order chi connectivity index (χ0) is 24.9. The van der Waals surface area contributed by atoms with E-state index in [4.69, 9.17) is 24.3 Å². The van der Waals surface area contributed by atoms with Gasteiger partial charge in [0.1, 0.15) is 11.9 Å². The van der Waals surface area contributed by atoms with Crippen molar-refractivity contribution in [2.24, 2.45) is 23.7 Å². The minimum Gasteiger partial charge on any atom is -0.494 e. The Morgan fingerprint density at radius 1 is 0.811 bits per heavy atom. The Bertz CT molecular complexity index is 884. The Hall–Kier alpha value is -1.25. The molecule has 4 bridgehead atoms. The third kappa shape index (κ3) is 4.84. The van der Waals surface area contributed by atoms with Crippen LogP contribution in [0, 0.1) is 23.7 Å². The van der Waals surface area contributed by atoms with Gasteiger partial charge < -0.3 is 9.64 Å². The van der Waals surface area contributed by atoms with Gasteiger partial charge >= 0.3 is 0 Å². The maximum absolute atomic E-state index is 13.3. The van der Waals surface area contributed by atoms with Gasteiger partial charge in [-0.15, -0.1) is 0 Å². The summed E-state index contributed by atoms with van der Waals surface area (Å²) in [4.78, 5) is 27.0. The molecule has 5 saturated carbocycles. The standard InChI is InChI=1S/C30H42FNO5/c31-27-8-13-32(14-9-27)12-1-15-33-28-4-2-23(3-5-28)24-6-10-29(11-7-24)34-36-30(37-35-29)25-17-21-16-22(19-25)20-26(30)18-21/h2-5,21-22,24-27H,1,6-20H2. The highest BCUT2D eigenvalue weighted by atomic mass is 19.1. The van der Waals surface area contributed by atoms with Crippen molar-refractivity contribution in [1.82, 2.24) is 4.90 Å². The molecule has 5 aliphatic carbocycles. The van der Waals surface area contributed by atoms with Crippen molar-refractivity contribution in [3.63, 3.8) is 0 Å². The number of alkyl halides is 1. The number of benzene rings is 1. The highest BCUT2D eigenvalue weighted by molar-refractivity contribution is 5.29. The summed E-state index contributed by atoms with van der Waals surface area (Å²) in [5.74, 6) is 2.46. The molecule has 0 aromatic heterocycles. The average Bonchev–Trinajstić information content (AvgIpc) is 2.92. The van der Waals surface area contributed by atoms with Crippen molar-refractivity contribution in [2.45, 2.75) is 101 Å². The SMILES string of the molecule is FC1CCN(CCCOc2ccc(C3CCC4(CC3)OOC3(OO4)C4CC5CC(C4)CC3C5)cc2)CC1. The summed E-state index contributed by atoms with van der Waals surface area (Å²) >= 11 is 0. The minimum atomic E-state index is -0.765. The van der Waals surface area contributed by atoms with Crippen LogP contribution in [0.3, 0.4) is 0 Å². The Kier molecular flexibility index (Phi) is 6.73. The van der Waals surface area contributed by atoms with Crippen LogP contribution in [0.4, 0.5) is 4.39 Å². The molecule has 2 heterocycles. The first-order chi connectivity index (χ1) is 18.1. The van der Waals surface area contributed by atoms with Gasteiger partial charge in [-0.05, 0) is 99.7 Å². The molecule has 2 aliphatic heterocycles. The largest absolute Gasteiger partial charge is 0.494 e. The first kappa shape index (κ1) is 24.8. The van der Waals surface area contributed by atoms with Gasteiger partial charge in [0.05, 0.1) is 6.61 Å². The van der Waals surface area contributed by atoms with Crippen molar-refractivity contribution in [2.75, 3.05) is 26.2 Å². The maximum Gasteiger partial charge on any atom is 0.239 e. The molecule has 204 valence electrons. The van der Waals surface area contributed by atoms with Crippen LogP contribution in [0.5, 0.6) is 5.75 Å². The van der Waals surface area contributed by atoms with Gasteiger partial charge in [-0.25, -0.2) is 4.39 Å². The molecule has 0 N–H and O–H groups in total. The molecule has 2 saturated heterocycles. The summed E-state index contributed by atoms with van der Waals surface area (Å²) < 4.78 is 19.2. The Morgan fingerprint density at radius 2 is 1.43 bits per heavy atom. The highest BCUT2D eigenvalue weighted by Crippen LogP contribution is 2.62. The van der Waals surface area contributed by atoms with Crippen LogP contribution in [0.15, 0.2) is 24.3 Å². The molecule has 2 spiro atoms. The minimum absolute atomic E-state index is 0.409. The molecule has 0 radical (unpaired) electrons. The number of likely N-dealkylation sites (tertiary alicyclic amines) is 1. The van der Waals surface area contributed by atoms with E-state index in [2.05, 4.69) is 29.2 Å². The van der Waals surface area contributed by atoms with Gasteiger partial charge in [0, 0.05) is 44.3 Å². The number of piperidine rings is 1. The van der Waals surface area contributed by atoms with Crippen molar-refractivity contribution in [3.8, 4) is 5.75 Å². The molecular formula is C30H42FNO5. The van der Waals surface area contributed by atoms with Crippen LogP contribution in [-0.4, -0.2) is 48.9 Å². The fourth-order valence-electron chi connectivity index (χ4n) is 8.42. The van der Waals surface area contributed by atoms with Crippen molar-refractivity contribution >= 4 is 0 Å². The lowest BCUT2D eigenvalue weighted by atomic mass is 9.53. The molecule has 0 unspecified atom stereocenters. The van der Waals surface area contributed by atoms with Crippen LogP contribution < -0.4 is 4.74 Å². The molecule has 7 aliphatic rings. The summed E-state index contributed by atoms with van der Waals surface area (Å²) in [5.41, 5.74) is 1.34. The lowest BCUT2D eigenvalue weighted by Gasteiger charge is -2.60. The zero-order valence-electron chi connectivity index (χ0n) is 22.0. The van der Waals surface area contributed by atoms with Gasteiger partial charge in [0.25, 0.3) is 0 Å². The van der Waals surface area contributed by atoms with Gasteiger partial charge in [-0.2, -0.15) is 19.6 Å². The molecular weight excluding hydrogens is 473 g/mol. The fourth-order valence-corrected chi connectivity index (χ4v) is 8.42. The van der Waals surface area contributed by atoms with E-state index in [0.29, 0.717) is 37.2 Å². The quantitative estimate of drug-likeness (QED) is 0.327. The number of rotatable bonds is 6. The van der Waals surface area contributed by atoms with Crippen LogP contribution >= 0.6 is 0 Å². The number of hydrogen-bond donors (Lipinski definition) is 0. The molecule has 6 nitrogen and oxygen atoms in total. The molecule has 7 heteroatoms. The summed E-state index contributed by atoms with van der Waals surface area (Å²) in [5, 5.41) is 0. The topological polar surface area (TPSA) is 49.4 Å². The average molecular weight is 516 g/mol. The van der Waals surface area contributed by atoms with Gasteiger partial charge in [-0.3, -0.25) is 0 Å². The molecule has 8 rings (SSSR count). The highest BCUT2D eigenvalue weighted by Gasteiger charge is 2.64. The predicted molar refractivity (Wildman–Crippen MR) is 135 cm³/mol. The Morgan fingerprint density at radius 3 is 2.05 bits per heavy atom. The normalized spacial score (nSPS) is 42.0. The molecule has 0 atom stereocenters. The van der Waals surface area contributed by atoms with E-state index in [-0.39, 0.29) is 0 Å². The first-order valence-corrected chi connectivity index (χ1v) is 14.9. The first-order valence-electron chi connectivity index (χ1n) is 14.9. The van der Waals surface area contributed by atoms with Crippen LogP contribution in [-0.2, 0) is 19.6 Å². The number of hydrogen-bond acceptors (Lipinski definition) is 6. The van der Waals surface area contributed by atoms with E-state index in [0.717, 1.165) is 69.3 Å². The Labute approximate surface area is 220 Å². The van der Waals surface area contributed by atoms with Crippen molar-refractivity contribution < 1.29 is 28.7 Å². The summed E-state index contributed by atoms with van der Waals surface area (Å²) in [6.45, 7) is 3.42. The second kappa shape index (κ2) is 10.1. The predicted octanol–water partition coefficient (Wildman–Crippen LogP) is 6.31. The van der Waals surface area contributed by atoms with Crippen LogP contribution in [0.2, 0.25) is 0 Å². The molecule has 0 amide bonds. The molecule has 1 aromatic carbocycles. The van der Waals surface area contributed by atoms with Crippen molar-refractivity contribution in [3.05, 3.63) is 29.8 Å². The molecule has 1 aromatic rings. The van der Waals surface area contributed by atoms with E-state index in [1.54, 1.807) is 0 Å². The van der Waals surface area contributed by atoms with E-state index in [9.17, 15) is 4.39 Å². The third-order valence-electron chi connectivity index (χ3n) is 10.4. The lowest BCUT2D eigenvalue weighted by molar-refractivity contribution is -0.680. The fraction of sp³-hybridized carbons (Fsp3) is 0.800. The second-order valence-electron chi connectivity index (χ2n) is 12.8. The second-order valence-corrected chi connectivity index (χ2v) is 12.8. The number of halogens is 1. The van der Waals surface area contributed by atoms with Crippen LogP contribution in [0.1, 0.15) is 88.5 Å². The van der Waals surface area contributed by atoms with E-state index in [1.165, 1.54) is 37.7 Å². The number of nitrogens with zero attached hydrogens (tertiary/aromatic N) is 1. The smallest absolute Gasteiger partial charge is 0.239 e. The molecule has 37 heavy (non-hydrogen) atoms. The Balaban J connectivity index is 0.865. The summed E-state index contributed by atoms with van der Waals surface area (Å²) in [7, 11) is 0. The molecule has 7 fully saturated rings.